The normalized spacial score (nSPS) is 17.2. The highest BCUT2D eigenvalue weighted by Gasteiger charge is 2.36. The van der Waals surface area contributed by atoms with Crippen molar-refractivity contribution in [2.24, 2.45) is 0 Å². The van der Waals surface area contributed by atoms with Crippen LogP contribution in [0.2, 0.25) is 0 Å². The summed E-state index contributed by atoms with van der Waals surface area (Å²) in [5, 5.41) is 2.75. The van der Waals surface area contributed by atoms with Crippen molar-refractivity contribution >= 4 is 23.4 Å². The summed E-state index contributed by atoms with van der Waals surface area (Å²) >= 11 is 0. The standard InChI is InChI=1S/C20H25F3N2O6/c1-4-29-15(27)9-13(26)11-8-12(21)19(17(23)16(11)22)25-6-7-31-14(10-25)18(24-3)20(28)30-5-2/h8,14,18,24H,4-7,9-10H2,1-3H3. The maximum atomic E-state index is 14.8. The van der Waals surface area contributed by atoms with Crippen LogP contribution in [-0.2, 0) is 23.8 Å². The van der Waals surface area contributed by atoms with Crippen LogP contribution in [0.1, 0.15) is 30.6 Å². The number of carbonyl (C=O) groups is 3. The third-order valence-corrected chi connectivity index (χ3v) is 4.68. The average Bonchev–Trinajstić information content (AvgIpc) is 2.72. The second kappa shape index (κ2) is 11.1. The third kappa shape index (κ3) is 5.73. The molecule has 2 atom stereocenters. The molecule has 0 aliphatic carbocycles. The van der Waals surface area contributed by atoms with Crippen molar-refractivity contribution in [1.82, 2.24) is 5.32 Å². The lowest BCUT2D eigenvalue weighted by atomic mass is 10.0. The van der Waals surface area contributed by atoms with Gasteiger partial charge in [0.05, 0.1) is 25.4 Å². The fourth-order valence-electron chi connectivity index (χ4n) is 3.28. The highest BCUT2D eigenvalue weighted by atomic mass is 19.2. The molecular weight excluding hydrogens is 421 g/mol. The Morgan fingerprint density at radius 2 is 1.87 bits per heavy atom. The summed E-state index contributed by atoms with van der Waals surface area (Å²) in [5.74, 6) is -6.93. The Hall–Kier alpha value is -2.66. The van der Waals surface area contributed by atoms with Gasteiger partial charge in [-0.05, 0) is 27.0 Å². The van der Waals surface area contributed by atoms with Crippen molar-refractivity contribution in [2.45, 2.75) is 32.4 Å². The fraction of sp³-hybridized carbons (Fsp3) is 0.550. The second-order valence-electron chi connectivity index (χ2n) is 6.66. The number of rotatable bonds is 9. The number of hydrogen-bond donors (Lipinski definition) is 1. The van der Waals surface area contributed by atoms with Gasteiger partial charge in [0.2, 0.25) is 0 Å². The van der Waals surface area contributed by atoms with Gasteiger partial charge in [-0.1, -0.05) is 0 Å². The largest absolute Gasteiger partial charge is 0.466 e. The first-order valence-corrected chi connectivity index (χ1v) is 9.81. The highest BCUT2D eigenvalue weighted by Crippen LogP contribution is 2.30. The minimum atomic E-state index is -1.57. The number of anilines is 1. The van der Waals surface area contributed by atoms with E-state index in [2.05, 4.69) is 10.1 Å². The van der Waals surface area contributed by atoms with Gasteiger partial charge in [-0.2, -0.15) is 0 Å². The topological polar surface area (TPSA) is 94.2 Å². The number of morpholine rings is 1. The Bertz CT molecular complexity index is 836. The van der Waals surface area contributed by atoms with Gasteiger partial charge in [0.15, 0.2) is 17.4 Å². The predicted octanol–water partition coefficient (Wildman–Crippen LogP) is 1.60. The van der Waals surface area contributed by atoms with Gasteiger partial charge in [-0.15, -0.1) is 0 Å². The molecule has 0 amide bonds. The van der Waals surface area contributed by atoms with Crippen LogP contribution in [0.25, 0.3) is 0 Å². The number of halogens is 3. The Balaban J connectivity index is 2.28. The number of carbonyl (C=O) groups excluding carboxylic acids is 3. The molecule has 1 aromatic rings. The van der Waals surface area contributed by atoms with Gasteiger partial charge in [-0.25, -0.2) is 13.2 Å². The molecular formula is C20H25F3N2O6. The van der Waals surface area contributed by atoms with Crippen LogP contribution in [0, 0.1) is 17.5 Å². The van der Waals surface area contributed by atoms with E-state index >= 15 is 0 Å². The van der Waals surface area contributed by atoms with E-state index in [4.69, 9.17) is 9.47 Å². The first-order chi connectivity index (χ1) is 14.7. The smallest absolute Gasteiger partial charge is 0.325 e. The Kier molecular flexibility index (Phi) is 8.81. The molecule has 11 heteroatoms. The molecule has 1 saturated heterocycles. The maximum Gasteiger partial charge on any atom is 0.325 e. The molecule has 8 nitrogen and oxygen atoms in total. The molecule has 0 saturated carbocycles. The summed E-state index contributed by atoms with van der Waals surface area (Å²) in [6.45, 7) is 3.22. The molecule has 0 aromatic heterocycles. The molecule has 2 unspecified atom stereocenters. The van der Waals surface area contributed by atoms with Crippen molar-refractivity contribution in [1.29, 1.82) is 0 Å². The molecule has 1 aliphatic heterocycles. The van der Waals surface area contributed by atoms with Crippen molar-refractivity contribution in [3.63, 3.8) is 0 Å². The summed E-state index contributed by atoms with van der Waals surface area (Å²) in [6, 6.07) is -0.343. The summed E-state index contributed by atoms with van der Waals surface area (Å²) in [5.41, 5.74) is -1.56. The number of nitrogens with zero attached hydrogens (tertiary/aromatic N) is 1. The van der Waals surface area contributed by atoms with Crippen LogP contribution in [0.5, 0.6) is 0 Å². The lowest BCUT2D eigenvalue weighted by Gasteiger charge is -2.37. The van der Waals surface area contributed by atoms with Gasteiger partial charge in [0.25, 0.3) is 0 Å². The fourth-order valence-corrected chi connectivity index (χ4v) is 3.28. The van der Waals surface area contributed by atoms with E-state index in [9.17, 15) is 27.6 Å². The molecule has 31 heavy (non-hydrogen) atoms. The Morgan fingerprint density at radius 1 is 1.19 bits per heavy atom. The molecule has 0 radical (unpaired) electrons. The molecule has 1 aliphatic rings. The number of ketones is 1. The summed E-state index contributed by atoms with van der Waals surface area (Å²) in [6.07, 6.45) is -1.66. The van der Waals surface area contributed by atoms with Crippen molar-refractivity contribution in [3.8, 4) is 0 Å². The lowest BCUT2D eigenvalue weighted by molar-refractivity contribution is -0.150. The quantitative estimate of drug-likeness (QED) is 0.265. The summed E-state index contributed by atoms with van der Waals surface area (Å²) in [4.78, 5) is 36.8. The number of esters is 2. The molecule has 2 rings (SSSR count). The molecule has 0 bridgehead atoms. The van der Waals surface area contributed by atoms with Crippen molar-refractivity contribution in [3.05, 3.63) is 29.1 Å². The van der Waals surface area contributed by atoms with E-state index in [1.165, 1.54) is 18.9 Å². The van der Waals surface area contributed by atoms with Gasteiger partial charge in [-0.3, -0.25) is 14.4 Å². The van der Waals surface area contributed by atoms with Crippen molar-refractivity contribution < 1.29 is 41.8 Å². The van der Waals surface area contributed by atoms with Crippen LogP contribution in [0.3, 0.4) is 0 Å². The zero-order valence-electron chi connectivity index (χ0n) is 17.5. The number of nitrogens with one attached hydrogen (secondary N) is 1. The van der Waals surface area contributed by atoms with E-state index in [0.29, 0.717) is 6.07 Å². The lowest BCUT2D eigenvalue weighted by Crippen LogP contribution is -2.55. The van der Waals surface area contributed by atoms with Gasteiger partial charge in [0.1, 0.15) is 30.1 Å². The van der Waals surface area contributed by atoms with Crippen LogP contribution in [-0.4, -0.2) is 69.8 Å². The SMILES string of the molecule is CCOC(=O)CC(=O)c1cc(F)c(N2CCOC(C(NC)C(=O)OCC)C2)c(F)c1F. The monoisotopic (exact) mass is 446 g/mol. The molecule has 172 valence electrons. The number of hydrogen-bond acceptors (Lipinski definition) is 8. The van der Waals surface area contributed by atoms with Crippen molar-refractivity contribution in [2.75, 3.05) is 44.9 Å². The Morgan fingerprint density at radius 3 is 2.48 bits per heavy atom. The number of benzene rings is 1. The summed E-state index contributed by atoms with van der Waals surface area (Å²) < 4.78 is 59.2. The second-order valence-corrected chi connectivity index (χ2v) is 6.66. The number of Topliss-reactive ketones (excluding diaryl/α,β-unsaturated/α-hetero) is 1. The van der Waals surface area contributed by atoms with Crippen LogP contribution in [0.15, 0.2) is 6.07 Å². The summed E-state index contributed by atoms with van der Waals surface area (Å²) in [7, 11) is 1.51. The first-order valence-electron chi connectivity index (χ1n) is 9.81. The van der Waals surface area contributed by atoms with Crippen LogP contribution < -0.4 is 10.2 Å². The average molecular weight is 446 g/mol. The predicted molar refractivity (Wildman–Crippen MR) is 103 cm³/mol. The van der Waals surface area contributed by atoms with Gasteiger partial charge >= 0.3 is 11.9 Å². The van der Waals surface area contributed by atoms with Gasteiger partial charge in [0, 0.05) is 13.1 Å². The van der Waals surface area contributed by atoms with E-state index in [-0.39, 0.29) is 32.9 Å². The maximum absolute atomic E-state index is 14.8. The molecule has 1 heterocycles. The molecule has 0 spiro atoms. The minimum Gasteiger partial charge on any atom is -0.466 e. The zero-order chi connectivity index (χ0) is 23.1. The van der Waals surface area contributed by atoms with E-state index in [0.717, 1.165) is 0 Å². The van der Waals surface area contributed by atoms with Gasteiger partial charge < -0.3 is 24.4 Å². The third-order valence-electron chi connectivity index (χ3n) is 4.68. The number of likely N-dealkylation sites (N-methyl/N-ethyl adjacent to an activating group) is 1. The molecule has 1 aromatic carbocycles. The first kappa shape index (κ1) is 24.6. The highest BCUT2D eigenvalue weighted by molar-refractivity contribution is 6.06. The van der Waals surface area contributed by atoms with E-state index < -0.39 is 65.0 Å². The van der Waals surface area contributed by atoms with Crippen LogP contribution in [0.4, 0.5) is 18.9 Å². The van der Waals surface area contributed by atoms with E-state index in [1.807, 2.05) is 0 Å². The van der Waals surface area contributed by atoms with Crippen LogP contribution >= 0.6 is 0 Å². The molecule has 1 N–H and O–H groups in total. The molecule has 1 fully saturated rings. The Labute approximate surface area is 177 Å². The minimum absolute atomic E-state index is 0.00780. The zero-order valence-corrected chi connectivity index (χ0v) is 17.5. The van der Waals surface area contributed by atoms with E-state index in [1.54, 1.807) is 6.92 Å². The number of ether oxygens (including phenoxy) is 3.